The van der Waals surface area contributed by atoms with Gasteiger partial charge in [-0.2, -0.15) is 0 Å². The predicted molar refractivity (Wildman–Crippen MR) is 71.0 cm³/mol. The van der Waals surface area contributed by atoms with Crippen molar-refractivity contribution >= 4 is 15.9 Å². The summed E-state index contributed by atoms with van der Waals surface area (Å²) in [7, 11) is 0. The summed E-state index contributed by atoms with van der Waals surface area (Å²) in [6, 6.07) is 7.85. The fourth-order valence-corrected chi connectivity index (χ4v) is 1.74. The fraction of sp³-hybridized carbons (Fsp3) is 0.154. The highest BCUT2D eigenvalue weighted by atomic mass is 79.9. The van der Waals surface area contributed by atoms with E-state index in [0.717, 1.165) is 10.2 Å². The first-order valence-corrected chi connectivity index (χ1v) is 6.20. The number of hydrogen-bond donors (Lipinski definition) is 1. The Balaban J connectivity index is 2.21. The van der Waals surface area contributed by atoms with Gasteiger partial charge in [0.15, 0.2) is 11.6 Å². The zero-order valence-electron chi connectivity index (χ0n) is 9.73. The van der Waals surface area contributed by atoms with E-state index >= 15 is 0 Å². The van der Waals surface area contributed by atoms with Crippen LogP contribution in [0, 0.1) is 5.82 Å². The molecule has 1 aromatic carbocycles. The number of nitrogens with two attached hydrogens (primary N) is 1. The second-order valence-electron chi connectivity index (χ2n) is 3.88. The molecule has 5 heteroatoms. The molecule has 1 atom stereocenters. The maximum atomic E-state index is 13.5. The van der Waals surface area contributed by atoms with Gasteiger partial charge in [0.05, 0.1) is 11.9 Å². The number of halogens is 2. The van der Waals surface area contributed by atoms with Gasteiger partial charge in [-0.3, -0.25) is 4.98 Å². The van der Waals surface area contributed by atoms with E-state index in [2.05, 4.69) is 20.9 Å². The third kappa shape index (κ3) is 3.05. The predicted octanol–water partition coefficient (Wildman–Crippen LogP) is 3.80. The van der Waals surface area contributed by atoms with Crippen LogP contribution in [-0.4, -0.2) is 4.98 Å². The standard InChI is InChI=1S/C13H12BrFN2O/c1-8(16)12-5-3-10(7-17-12)18-13-6-9(14)2-4-11(13)15/h2-8H,16H2,1H3. The van der Waals surface area contributed by atoms with E-state index in [9.17, 15) is 4.39 Å². The lowest BCUT2D eigenvalue weighted by Gasteiger charge is -2.08. The molecule has 2 N–H and O–H groups in total. The van der Waals surface area contributed by atoms with E-state index in [0.29, 0.717) is 5.75 Å². The van der Waals surface area contributed by atoms with Crippen molar-refractivity contribution in [2.75, 3.05) is 0 Å². The van der Waals surface area contributed by atoms with Crippen molar-refractivity contribution < 1.29 is 9.13 Å². The minimum atomic E-state index is -0.422. The van der Waals surface area contributed by atoms with Crippen LogP contribution in [0.15, 0.2) is 41.0 Å². The first-order valence-electron chi connectivity index (χ1n) is 5.40. The number of pyridine rings is 1. The van der Waals surface area contributed by atoms with Crippen LogP contribution in [-0.2, 0) is 0 Å². The molecule has 0 aliphatic heterocycles. The summed E-state index contributed by atoms with van der Waals surface area (Å²) in [4.78, 5) is 4.14. The number of benzene rings is 1. The van der Waals surface area contributed by atoms with E-state index in [1.54, 1.807) is 24.3 Å². The molecule has 2 aromatic rings. The van der Waals surface area contributed by atoms with Crippen LogP contribution in [0.3, 0.4) is 0 Å². The van der Waals surface area contributed by atoms with Gasteiger partial charge in [-0.05, 0) is 37.3 Å². The van der Waals surface area contributed by atoms with Crippen molar-refractivity contribution in [1.29, 1.82) is 0 Å². The molecule has 1 heterocycles. The second kappa shape index (κ2) is 5.46. The van der Waals surface area contributed by atoms with Crippen LogP contribution in [0.4, 0.5) is 4.39 Å². The highest BCUT2D eigenvalue weighted by molar-refractivity contribution is 9.10. The first kappa shape index (κ1) is 13.0. The van der Waals surface area contributed by atoms with Gasteiger partial charge in [-0.1, -0.05) is 15.9 Å². The molecule has 0 bridgehead atoms. The summed E-state index contributed by atoms with van der Waals surface area (Å²) in [5, 5.41) is 0. The van der Waals surface area contributed by atoms with Gasteiger partial charge in [0.2, 0.25) is 0 Å². The van der Waals surface area contributed by atoms with Crippen molar-refractivity contribution in [3.8, 4) is 11.5 Å². The maximum absolute atomic E-state index is 13.5. The van der Waals surface area contributed by atoms with Crippen LogP contribution in [0.2, 0.25) is 0 Å². The number of ether oxygens (including phenoxy) is 1. The Morgan fingerprint density at radius 1 is 1.33 bits per heavy atom. The van der Waals surface area contributed by atoms with E-state index < -0.39 is 5.82 Å². The molecule has 2 rings (SSSR count). The molecule has 0 fully saturated rings. The van der Waals surface area contributed by atoms with E-state index in [-0.39, 0.29) is 11.8 Å². The molecule has 0 spiro atoms. The molecule has 0 saturated carbocycles. The minimum Gasteiger partial charge on any atom is -0.453 e. The molecule has 1 aromatic heterocycles. The highest BCUT2D eigenvalue weighted by Gasteiger charge is 2.06. The Labute approximate surface area is 113 Å². The summed E-state index contributed by atoms with van der Waals surface area (Å²) in [6.07, 6.45) is 1.53. The number of nitrogens with zero attached hydrogens (tertiary/aromatic N) is 1. The SMILES string of the molecule is CC(N)c1ccc(Oc2cc(Br)ccc2F)cn1. The summed E-state index contributed by atoms with van der Waals surface area (Å²) in [6.45, 7) is 1.84. The molecule has 0 radical (unpaired) electrons. The second-order valence-corrected chi connectivity index (χ2v) is 4.80. The van der Waals surface area contributed by atoms with Crippen molar-refractivity contribution in [1.82, 2.24) is 4.98 Å². The van der Waals surface area contributed by atoms with Crippen molar-refractivity contribution in [3.63, 3.8) is 0 Å². The van der Waals surface area contributed by atoms with Gasteiger partial charge in [0.25, 0.3) is 0 Å². The Kier molecular flexibility index (Phi) is 3.93. The third-order valence-corrected chi connectivity index (χ3v) is 2.84. The van der Waals surface area contributed by atoms with Crippen LogP contribution >= 0.6 is 15.9 Å². The topological polar surface area (TPSA) is 48.1 Å². The fourth-order valence-electron chi connectivity index (χ4n) is 1.40. The van der Waals surface area contributed by atoms with Gasteiger partial charge in [0.1, 0.15) is 5.75 Å². The van der Waals surface area contributed by atoms with Crippen LogP contribution in [0.5, 0.6) is 11.5 Å². The van der Waals surface area contributed by atoms with Gasteiger partial charge < -0.3 is 10.5 Å². The lowest BCUT2D eigenvalue weighted by molar-refractivity contribution is 0.439. The normalized spacial score (nSPS) is 12.2. The molecular formula is C13H12BrFN2O. The average Bonchev–Trinajstić information content (AvgIpc) is 2.34. The van der Waals surface area contributed by atoms with Crippen LogP contribution in [0.1, 0.15) is 18.7 Å². The highest BCUT2D eigenvalue weighted by Crippen LogP contribution is 2.27. The summed E-state index contributed by atoms with van der Waals surface area (Å²) in [5.41, 5.74) is 6.45. The monoisotopic (exact) mass is 310 g/mol. The third-order valence-electron chi connectivity index (χ3n) is 2.35. The van der Waals surface area contributed by atoms with Gasteiger partial charge in [-0.25, -0.2) is 4.39 Å². The van der Waals surface area contributed by atoms with Gasteiger partial charge >= 0.3 is 0 Å². The van der Waals surface area contributed by atoms with Crippen LogP contribution in [0.25, 0.3) is 0 Å². The summed E-state index contributed by atoms with van der Waals surface area (Å²) in [5.74, 6) is 0.200. The molecule has 3 nitrogen and oxygen atoms in total. The average molecular weight is 311 g/mol. The van der Waals surface area contributed by atoms with Crippen LogP contribution < -0.4 is 10.5 Å². The lowest BCUT2D eigenvalue weighted by Crippen LogP contribution is -2.06. The number of rotatable bonds is 3. The molecule has 0 aliphatic rings. The molecule has 0 saturated heterocycles. The minimum absolute atomic E-state index is 0.137. The largest absolute Gasteiger partial charge is 0.453 e. The van der Waals surface area contributed by atoms with Gasteiger partial charge in [-0.15, -0.1) is 0 Å². The van der Waals surface area contributed by atoms with Gasteiger partial charge in [0, 0.05) is 10.5 Å². The van der Waals surface area contributed by atoms with E-state index in [1.807, 2.05) is 6.92 Å². The number of aromatic nitrogens is 1. The number of hydrogen-bond acceptors (Lipinski definition) is 3. The van der Waals surface area contributed by atoms with Crippen molar-refractivity contribution in [2.24, 2.45) is 5.73 Å². The Bertz CT molecular complexity index is 543. The lowest BCUT2D eigenvalue weighted by atomic mass is 10.2. The Morgan fingerprint density at radius 3 is 2.72 bits per heavy atom. The zero-order chi connectivity index (χ0) is 13.1. The molecule has 0 amide bonds. The quantitative estimate of drug-likeness (QED) is 0.938. The molecule has 94 valence electrons. The zero-order valence-corrected chi connectivity index (χ0v) is 11.3. The maximum Gasteiger partial charge on any atom is 0.165 e. The molecule has 18 heavy (non-hydrogen) atoms. The molecular weight excluding hydrogens is 299 g/mol. The smallest absolute Gasteiger partial charge is 0.165 e. The Hall–Kier alpha value is -1.46. The molecule has 1 unspecified atom stereocenters. The van der Waals surface area contributed by atoms with Crippen molar-refractivity contribution in [2.45, 2.75) is 13.0 Å². The summed E-state index contributed by atoms with van der Waals surface area (Å²) >= 11 is 3.26. The molecule has 0 aliphatic carbocycles. The Morgan fingerprint density at radius 2 is 2.11 bits per heavy atom. The van der Waals surface area contributed by atoms with Crippen molar-refractivity contribution in [3.05, 3.63) is 52.5 Å². The first-order chi connectivity index (χ1) is 8.56. The van der Waals surface area contributed by atoms with E-state index in [1.165, 1.54) is 12.3 Å². The summed E-state index contributed by atoms with van der Waals surface area (Å²) < 4.78 is 19.6. The van der Waals surface area contributed by atoms with E-state index in [4.69, 9.17) is 10.5 Å².